The zero-order chi connectivity index (χ0) is 37.2. The molecule has 0 amide bonds. The second-order valence-corrected chi connectivity index (χ2v) is 14.2. The third-order valence-electron chi connectivity index (χ3n) is 10.2. The van der Waals surface area contributed by atoms with Crippen molar-refractivity contribution in [2.24, 2.45) is 11.8 Å². The fourth-order valence-electron chi connectivity index (χ4n) is 6.92. The number of rotatable bonds is 16. The van der Waals surface area contributed by atoms with E-state index < -0.39 is 35.8 Å². The van der Waals surface area contributed by atoms with E-state index in [1.807, 2.05) is 24.3 Å². The predicted molar refractivity (Wildman–Crippen MR) is 197 cm³/mol. The van der Waals surface area contributed by atoms with Gasteiger partial charge in [-0.15, -0.1) is 0 Å². The van der Waals surface area contributed by atoms with Crippen molar-refractivity contribution in [2.75, 3.05) is 39.6 Å². The molecule has 2 aliphatic heterocycles. The number of benzene rings is 4. The summed E-state index contributed by atoms with van der Waals surface area (Å²) < 4.78 is 89.5. The summed E-state index contributed by atoms with van der Waals surface area (Å²) >= 11 is 0. The Labute approximate surface area is 310 Å². The number of hydrogen-bond donors (Lipinski definition) is 0. The second-order valence-electron chi connectivity index (χ2n) is 14.2. The summed E-state index contributed by atoms with van der Waals surface area (Å²) in [5.41, 5.74) is 3.67. The van der Waals surface area contributed by atoms with Crippen LogP contribution in [0.25, 0.3) is 22.3 Å². The Morgan fingerprint density at radius 1 is 0.509 bits per heavy atom. The molecule has 0 bridgehead atoms. The lowest BCUT2D eigenvalue weighted by Crippen LogP contribution is -2.27. The first kappa shape index (κ1) is 39.1. The molecule has 53 heavy (non-hydrogen) atoms. The normalized spacial score (nSPS) is 20.5. The first-order valence-electron chi connectivity index (χ1n) is 19.0. The average molecular weight is 735 g/mol. The van der Waals surface area contributed by atoms with Gasteiger partial charge in [-0.1, -0.05) is 88.1 Å². The third-order valence-corrected chi connectivity index (χ3v) is 10.2. The van der Waals surface area contributed by atoms with Crippen molar-refractivity contribution >= 4 is 0 Å². The highest BCUT2D eigenvalue weighted by Gasteiger charge is 2.25. The quantitative estimate of drug-likeness (QED) is 0.0847. The molecule has 0 spiro atoms. The molecule has 5 nitrogen and oxygen atoms in total. The molecule has 0 aromatic heterocycles. The lowest BCUT2D eigenvalue weighted by Gasteiger charge is -2.29. The molecule has 0 aliphatic carbocycles. The molecule has 0 unspecified atom stereocenters. The Morgan fingerprint density at radius 2 is 0.849 bits per heavy atom. The van der Waals surface area contributed by atoms with Gasteiger partial charge in [0.2, 0.25) is 0 Å². The van der Waals surface area contributed by atoms with Crippen LogP contribution in [-0.2, 0) is 36.5 Å². The standard InChI is InChI=1S/C44H50F4O5/c1-3-5-7-29-25-50-43(51-26-29)33-13-9-31(10-14-33)35-21-39(45)37(40(46)22-35)17-19-49-20-18-38-41(47)23-36(24-42(38)48)32-11-15-34(16-12-32)44-52-27-30(28-53-44)8-6-4-2/h9-16,21-24,29-30,43-44H,3-8,17-20,25-28H2,1-2H3. The lowest BCUT2D eigenvalue weighted by atomic mass is 10.00. The molecule has 9 heteroatoms. The van der Waals surface area contributed by atoms with Crippen molar-refractivity contribution in [2.45, 2.75) is 77.8 Å². The minimum atomic E-state index is -0.680. The zero-order valence-corrected chi connectivity index (χ0v) is 30.7. The van der Waals surface area contributed by atoms with E-state index in [2.05, 4.69) is 13.8 Å². The van der Waals surface area contributed by atoms with Crippen molar-refractivity contribution < 1.29 is 41.2 Å². The Bertz CT molecular complexity index is 1570. The summed E-state index contributed by atoms with van der Waals surface area (Å²) in [6.07, 6.45) is 5.81. The van der Waals surface area contributed by atoms with Gasteiger partial charge in [-0.2, -0.15) is 0 Å². The molecule has 284 valence electrons. The highest BCUT2D eigenvalue weighted by molar-refractivity contribution is 5.65. The van der Waals surface area contributed by atoms with Crippen LogP contribution < -0.4 is 0 Å². The van der Waals surface area contributed by atoms with E-state index in [1.54, 1.807) is 24.3 Å². The van der Waals surface area contributed by atoms with Gasteiger partial charge in [-0.3, -0.25) is 0 Å². The smallest absolute Gasteiger partial charge is 0.183 e. The summed E-state index contributed by atoms with van der Waals surface area (Å²) in [4.78, 5) is 0. The third kappa shape index (κ3) is 10.3. The van der Waals surface area contributed by atoms with Crippen LogP contribution in [0.3, 0.4) is 0 Å². The molecule has 0 saturated carbocycles. The summed E-state index contributed by atoms with van der Waals surface area (Å²) in [5.74, 6) is -1.91. The van der Waals surface area contributed by atoms with Crippen molar-refractivity contribution in [1.29, 1.82) is 0 Å². The Hall–Kier alpha value is -3.60. The van der Waals surface area contributed by atoms with Gasteiger partial charge in [-0.25, -0.2) is 17.6 Å². The maximum Gasteiger partial charge on any atom is 0.183 e. The Morgan fingerprint density at radius 3 is 1.17 bits per heavy atom. The molecule has 2 aliphatic rings. The van der Waals surface area contributed by atoms with Crippen LogP contribution in [0, 0.1) is 35.1 Å². The fraction of sp³-hybridized carbons (Fsp3) is 0.455. The topological polar surface area (TPSA) is 46.2 Å². The Kier molecular flexibility index (Phi) is 14.1. The first-order chi connectivity index (χ1) is 25.8. The van der Waals surface area contributed by atoms with Gasteiger partial charge in [0, 0.05) is 46.9 Å². The summed E-state index contributed by atoms with van der Waals surface area (Å²) in [6, 6.07) is 19.8. The molecule has 6 rings (SSSR count). The monoisotopic (exact) mass is 734 g/mol. The molecule has 0 radical (unpaired) electrons. The minimum Gasteiger partial charge on any atom is -0.381 e. The number of halogens is 4. The largest absolute Gasteiger partial charge is 0.381 e. The van der Waals surface area contributed by atoms with Gasteiger partial charge in [0.15, 0.2) is 12.6 Å². The van der Waals surface area contributed by atoms with Crippen LogP contribution >= 0.6 is 0 Å². The van der Waals surface area contributed by atoms with Gasteiger partial charge in [0.25, 0.3) is 0 Å². The highest BCUT2D eigenvalue weighted by Crippen LogP contribution is 2.32. The highest BCUT2D eigenvalue weighted by atomic mass is 19.1. The molecule has 4 aromatic rings. The van der Waals surface area contributed by atoms with Gasteiger partial charge in [-0.05, 0) is 59.4 Å². The van der Waals surface area contributed by atoms with Crippen LogP contribution in [0.5, 0.6) is 0 Å². The molecule has 4 aromatic carbocycles. The summed E-state index contributed by atoms with van der Waals surface area (Å²) in [7, 11) is 0. The van der Waals surface area contributed by atoms with E-state index in [0.717, 1.165) is 49.7 Å². The van der Waals surface area contributed by atoms with Crippen molar-refractivity contribution in [3.05, 3.63) is 118 Å². The fourth-order valence-corrected chi connectivity index (χ4v) is 6.92. The van der Waals surface area contributed by atoms with E-state index in [1.165, 1.54) is 24.3 Å². The molecule has 2 fully saturated rings. The van der Waals surface area contributed by atoms with Crippen LogP contribution in [0.2, 0.25) is 0 Å². The Balaban J connectivity index is 0.964. The summed E-state index contributed by atoms with van der Waals surface area (Å²) in [6.45, 7) is 6.92. The maximum atomic E-state index is 15.1. The predicted octanol–water partition coefficient (Wildman–Crippen LogP) is 11.1. The average Bonchev–Trinajstić information content (AvgIpc) is 3.18. The van der Waals surface area contributed by atoms with Crippen molar-refractivity contribution in [3.8, 4) is 22.3 Å². The van der Waals surface area contributed by atoms with Crippen molar-refractivity contribution in [3.63, 3.8) is 0 Å². The van der Waals surface area contributed by atoms with Gasteiger partial charge in [0.05, 0.1) is 39.6 Å². The molecule has 0 N–H and O–H groups in total. The van der Waals surface area contributed by atoms with E-state index in [0.29, 0.717) is 60.5 Å². The zero-order valence-electron chi connectivity index (χ0n) is 30.7. The maximum absolute atomic E-state index is 15.1. The molecule has 2 saturated heterocycles. The molecular weight excluding hydrogens is 684 g/mol. The van der Waals surface area contributed by atoms with E-state index in [-0.39, 0.29) is 37.2 Å². The molecule has 2 heterocycles. The molecular formula is C44H50F4O5. The number of ether oxygens (including phenoxy) is 5. The van der Waals surface area contributed by atoms with E-state index in [9.17, 15) is 0 Å². The minimum absolute atomic E-state index is 0.00986. The first-order valence-corrected chi connectivity index (χ1v) is 19.0. The van der Waals surface area contributed by atoms with Gasteiger partial charge in [0.1, 0.15) is 23.3 Å². The van der Waals surface area contributed by atoms with Crippen LogP contribution in [0.15, 0.2) is 72.8 Å². The van der Waals surface area contributed by atoms with Gasteiger partial charge >= 0.3 is 0 Å². The van der Waals surface area contributed by atoms with Gasteiger partial charge < -0.3 is 23.7 Å². The second kappa shape index (κ2) is 19.1. The number of unbranched alkanes of at least 4 members (excludes halogenated alkanes) is 2. The lowest BCUT2D eigenvalue weighted by molar-refractivity contribution is -0.206. The van der Waals surface area contributed by atoms with Crippen LogP contribution in [0.1, 0.15) is 87.2 Å². The van der Waals surface area contributed by atoms with Crippen LogP contribution in [0.4, 0.5) is 17.6 Å². The van der Waals surface area contributed by atoms with Crippen molar-refractivity contribution in [1.82, 2.24) is 0 Å². The number of hydrogen-bond acceptors (Lipinski definition) is 5. The molecule has 0 atom stereocenters. The van der Waals surface area contributed by atoms with E-state index >= 15 is 17.6 Å². The van der Waals surface area contributed by atoms with Crippen LogP contribution in [-0.4, -0.2) is 39.6 Å². The summed E-state index contributed by atoms with van der Waals surface area (Å²) in [5, 5.41) is 0. The van der Waals surface area contributed by atoms with E-state index in [4.69, 9.17) is 23.7 Å². The SMILES string of the molecule is CCCCC1COC(c2ccc(-c3cc(F)c(CCOCCc4c(F)cc(-c5ccc(C6OCC(CCCC)CO6)cc5)cc4F)c(F)c3)cc2)OC1.